The molecule has 5 nitrogen and oxygen atoms in total. The van der Waals surface area contributed by atoms with E-state index < -0.39 is 5.97 Å². The number of imidazole rings is 1. The fourth-order valence-corrected chi connectivity index (χ4v) is 3.53. The first-order valence-electron chi connectivity index (χ1n) is 6.04. The standard InChI is InChI=1S/C14H11N3O2S/c1-19-14(18)12-13-17(8-16-12)10-5-3-2-4-9(10)11(20-13)6-7-15/h2-5,8,11H,6H2,1H3. The van der Waals surface area contributed by atoms with Crippen LogP contribution < -0.4 is 0 Å². The number of esters is 1. The van der Waals surface area contributed by atoms with E-state index >= 15 is 0 Å². The molecule has 0 aliphatic carbocycles. The number of fused-ring (bicyclic) bond motifs is 3. The van der Waals surface area contributed by atoms with E-state index in [0.717, 1.165) is 16.3 Å². The van der Waals surface area contributed by atoms with Crippen LogP contribution in [0.5, 0.6) is 0 Å². The third kappa shape index (κ3) is 1.87. The maximum absolute atomic E-state index is 11.7. The molecule has 1 aliphatic heterocycles. The summed E-state index contributed by atoms with van der Waals surface area (Å²) in [6.07, 6.45) is 2.00. The van der Waals surface area contributed by atoms with Gasteiger partial charge >= 0.3 is 5.97 Å². The van der Waals surface area contributed by atoms with Crippen molar-refractivity contribution in [2.75, 3.05) is 7.11 Å². The van der Waals surface area contributed by atoms with Crippen molar-refractivity contribution < 1.29 is 9.53 Å². The van der Waals surface area contributed by atoms with Crippen LogP contribution in [-0.2, 0) is 4.74 Å². The molecule has 6 heteroatoms. The normalized spacial score (nSPS) is 15.9. The van der Waals surface area contributed by atoms with Crippen LogP contribution in [0.3, 0.4) is 0 Å². The molecule has 0 N–H and O–H groups in total. The van der Waals surface area contributed by atoms with Crippen LogP contribution in [0, 0.1) is 11.3 Å². The van der Waals surface area contributed by atoms with Gasteiger partial charge in [-0.05, 0) is 11.6 Å². The molecule has 0 fully saturated rings. The zero-order valence-corrected chi connectivity index (χ0v) is 11.6. The molecule has 0 saturated heterocycles. The first-order valence-corrected chi connectivity index (χ1v) is 6.92. The predicted octanol–water partition coefficient (Wildman–Crippen LogP) is 2.72. The van der Waals surface area contributed by atoms with Gasteiger partial charge in [0.1, 0.15) is 11.4 Å². The predicted molar refractivity (Wildman–Crippen MR) is 73.7 cm³/mol. The van der Waals surface area contributed by atoms with Crippen molar-refractivity contribution in [1.82, 2.24) is 9.55 Å². The van der Waals surface area contributed by atoms with Gasteiger partial charge in [0.2, 0.25) is 0 Å². The van der Waals surface area contributed by atoms with E-state index in [2.05, 4.69) is 11.1 Å². The molecule has 3 rings (SSSR count). The first kappa shape index (κ1) is 12.8. The summed E-state index contributed by atoms with van der Waals surface area (Å²) in [4.78, 5) is 15.9. The molecular formula is C14H11N3O2S. The number of carbonyl (C=O) groups is 1. The number of para-hydroxylation sites is 1. The monoisotopic (exact) mass is 285 g/mol. The second kappa shape index (κ2) is 5.02. The van der Waals surface area contributed by atoms with Gasteiger partial charge in [0.15, 0.2) is 5.69 Å². The molecular weight excluding hydrogens is 274 g/mol. The van der Waals surface area contributed by atoms with Crippen LogP contribution in [0.4, 0.5) is 0 Å². The average molecular weight is 285 g/mol. The molecule has 20 heavy (non-hydrogen) atoms. The molecule has 2 heterocycles. The summed E-state index contributed by atoms with van der Waals surface area (Å²) >= 11 is 1.48. The van der Waals surface area contributed by atoms with E-state index in [1.54, 1.807) is 6.33 Å². The molecule has 0 bridgehead atoms. The Morgan fingerprint density at radius 3 is 3.10 bits per heavy atom. The summed E-state index contributed by atoms with van der Waals surface area (Å²) in [7, 11) is 1.34. The van der Waals surface area contributed by atoms with Crippen molar-refractivity contribution in [2.24, 2.45) is 0 Å². The van der Waals surface area contributed by atoms with Crippen molar-refractivity contribution >= 4 is 17.7 Å². The minimum atomic E-state index is -0.457. The van der Waals surface area contributed by atoms with Crippen molar-refractivity contribution in [3.8, 4) is 11.8 Å². The van der Waals surface area contributed by atoms with Crippen LogP contribution in [0.2, 0.25) is 0 Å². The SMILES string of the molecule is COC(=O)c1ncn2c1SC(CC#N)c1ccccc1-2. The average Bonchev–Trinajstić information content (AvgIpc) is 2.91. The highest BCUT2D eigenvalue weighted by Gasteiger charge is 2.30. The number of nitriles is 1. The Morgan fingerprint density at radius 2 is 2.35 bits per heavy atom. The van der Waals surface area contributed by atoms with Crippen LogP contribution in [-0.4, -0.2) is 22.6 Å². The number of carbonyl (C=O) groups excluding carboxylic acids is 1. The molecule has 0 radical (unpaired) electrons. The molecule has 100 valence electrons. The Morgan fingerprint density at radius 1 is 1.55 bits per heavy atom. The van der Waals surface area contributed by atoms with Crippen LogP contribution in [0.25, 0.3) is 5.69 Å². The topological polar surface area (TPSA) is 67.9 Å². The van der Waals surface area contributed by atoms with E-state index in [1.807, 2.05) is 28.8 Å². The molecule has 1 atom stereocenters. The van der Waals surface area contributed by atoms with Crippen molar-refractivity contribution in [2.45, 2.75) is 16.7 Å². The number of nitrogens with zero attached hydrogens (tertiary/aromatic N) is 3. The first-order chi connectivity index (χ1) is 9.76. The summed E-state index contributed by atoms with van der Waals surface area (Å²) in [5, 5.41) is 9.73. The molecule has 1 aliphatic rings. The fourth-order valence-electron chi connectivity index (χ4n) is 2.27. The Bertz CT molecular complexity index is 717. The fraction of sp³-hybridized carbons (Fsp3) is 0.214. The second-order valence-electron chi connectivity index (χ2n) is 4.29. The van der Waals surface area contributed by atoms with Crippen molar-refractivity contribution in [3.05, 3.63) is 41.9 Å². The van der Waals surface area contributed by atoms with E-state index in [-0.39, 0.29) is 5.25 Å². The molecule has 1 aromatic carbocycles. The van der Waals surface area contributed by atoms with E-state index in [4.69, 9.17) is 10.00 Å². The molecule has 0 amide bonds. The van der Waals surface area contributed by atoms with Crippen LogP contribution >= 0.6 is 11.8 Å². The number of thioether (sulfide) groups is 1. The van der Waals surface area contributed by atoms with Gasteiger partial charge in [-0.3, -0.25) is 4.57 Å². The highest BCUT2D eigenvalue weighted by molar-refractivity contribution is 7.99. The summed E-state index contributed by atoms with van der Waals surface area (Å²) in [5.41, 5.74) is 2.35. The molecule has 1 aromatic heterocycles. The molecule has 0 spiro atoms. The molecule has 1 unspecified atom stereocenters. The minimum Gasteiger partial charge on any atom is -0.464 e. The lowest BCUT2D eigenvalue weighted by Gasteiger charge is -2.25. The van der Waals surface area contributed by atoms with Gasteiger partial charge in [0.05, 0.1) is 30.5 Å². The van der Waals surface area contributed by atoms with Gasteiger partial charge in [-0.15, -0.1) is 0 Å². The number of hydrogen-bond donors (Lipinski definition) is 0. The largest absolute Gasteiger partial charge is 0.464 e. The third-order valence-corrected chi connectivity index (χ3v) is 4.49. The van der Waals surface area contributed by atoms with Crippen molar-refractivity contribution in [1.29, 1.82) is 5.26 Å². The highest BCUT2D eigenvalue weighted by atomic mass is 32.2. The number of ether oxygens (including phenoxy) is 1. The zero-order valence-electron chi connectivity index (χ0n) is 10.7. The lowest BCUT2D eigenvalue weighted by atomic mass is 10.1. The summed E-state index contributed by atoms with van der Waals surface area (Å²) in [6.45, 7) is 0. The number of benzene rings is 1. The summed E-state index contributed by atoms with van der Waals surface area (Å²) in [5.74, 6) is -0.457. The number of rotatable bonds is 2. The third-order valence-electron chi connectivity index (χ3n) is 3.18. The van der Waals surface area contributed by atoms with E-state index in [9.17, 15) is 4.79 Å². The Kier molecular flexibility index (Phi) is 3.20. The van der Waals surface area contributed by atoms with Crippen molar-refractivity contribution in [3.63, 3.8) is 0 Å². The number of aromatic nitrogens is 2. The van der Waals surface area contributed by atoms with Gasteiger partial charge in [0.25, 0.3) is 0 Å². The highest BCUT2D eigenvalue weighted by Crippen LogP contribution is 2.46. The summed E-state index contributed by atoms with van der Waals surface area (Å²) < 4.78 is 6.63. The minimum absolute atomic E-state index is 0.00352. The maximum Gasteiger partial charge on any atom is 0.359 e. The quantitative estimate of drug-likeness (QED) is 0.794. The van der Waals surface area contributed by atoms with Crippen LogP contribution in [0.15, 0.2) is 35.6 Å². The van der Waals surface area contributed by atoms with E-state index in [1.165, 1.54) is 18.9 Å². The lowest BCUT2D eigenvalue weighted by Crippen LogP contribution is -2.12. The number of hydrogen-bond acceptors (Lipinski definition) is 5. The second-order valence-corrected chi connectivity index (χ2v) is 5.48. The van der Waals surface area contributed by atoms with Gasteiger partial charge in [-0.1, -0.05) is 30.0 Å². The lowest BCUT2D eigenvalue weighted by molar-refractivity contribution is 0.0590. The Labute approximate surface area is 120 Å². The smallest absolute Gasteiger partial charge is 0.359 e. The summed E-state index contributed by atoms with van der Waals surface area (Å²) in [6, 6.07) is 10.0. The van der Waals surface area contributed by atoms with Gasteiger partial charge in [0, 0.05) is 0 Å². The van der Waals surface area contributed by atoms with Gasteiger partial charge in [-0.25, -0.2) is 9.78 Å². The maximum atomic E-state index is 11.7. The molecule has 0 saturated carbocycles. The van der Waals surface area contributed by atoms with Gasteiger partial charge in [-0.2, -0.15) is 5.26 Å². The molecule has 2 aromatic rings. The number of methoxy groups -OCH3 is 1. The van der Waals surface area contributed by atoms with E-state index in [0.29, 0.717) is 12.1 Å². The zero-order chi connectivity index (χ0) is 14.1. The Balaban J connectivity index is 2.16. The van der Waals surface area contributed by atoms with Crippen LogP contribution in [0.1, 0.15) is 27.7 Å². The Hall–Kier alpha value is -2.26. The van der Waals surface area contributed by atoms with Gasteiger partial charge < -0.3 is 4.74 Å².